The first kappa shape index (κ1) is 14.1. The van der Waals surface area contributed by atoms with Crippen molar-refractivity contribution in [1.29, 1.82) is 0 Å². The second-order valence-electron chi connectivity index (χ2n) is 5.72. The quantitative estimate of drug-likeness (QED) is 0.941. The fraction of sp³-hybridized carbons (Fsp3) is 0.467. The summed E-state index contributed by atoms with van der Waals surface area (Å²) in [6.07, 6.45) is 5.62. The van der Waals surface area contributed by atoms with E-state index in [1.807, 2.05) is 0 Å². The average molecular weight is 293 g/mol. The molecule has 0 saturated heterocycles. The summed E-state index contributed by atoms with van der Waals surface area (Å²) in [6.45, 7) is 0.555. The standard InChI is InChI=1S/C15H17F2N3O/c16-13-4-3-11(14(17)6-13)7-15(21)5-1-2-12(15)8-20-10-18-9-19-20/h3-4,6,9-10,12,21H,1-2,5,7-8H2/t12-,15+/m0/s1. The lowest BCUT2D eigenvalue weighted by molar-refractivity contribution is -0.00542. The van der Waals surface area contributed by atoms with Crippen LogP contribution in [-0.2, 0) is 13.0 Å². The molecular weight excluding hydrogens is 276 g/mol. The lowest BCUT2D eigenvalue weighted by Crippen LogP contribution is -2.38. The molecule has 1 aliphatic carbocycles. The lowest BCUT2D eigenvalue weighted by atomic mass is 9.84. The third-order valence-corrected chi connectivity index (χ3v) is 4.31. The van der Waals surface area contributed by atoms with Crippen LogP contribution in [0.5, 0.6) is 0 Å². The molecule has 4 nitrogen and oxygen atoms in total. The molecular formula is C15H17F2N3O. The van der Waals surface area contributed by atoms with Crippen molar-refractivity contribution in [3.8, 4) is 0 Å². The van der Waals surface area contributed by atoms with Crippen LogP contribution in [0, 0.1) is 17.6 Å². The van der Waals surface area contributed by atoms with Gasteiger partial charge in [0, 0.05) is 24.9 Å². The van der Waals surface area contributed by atoms with Crippen LogP contribution in [0.2, 0.25) is 0 Å². The maximum Gasteiger partial charge on any atom is 0.137 e. The summed E-state index contributed by atoms with van der Waals surface area (Å²) in [5.74, 6) is -1.22. The first-order valence-corrected chi connectivity index (χ1v) is 7.05. The molecule has 0 amide bonds. The highest BCUT2D eigenvalue weighted by molar-refractivity contribution is 5.21. The summed E-state index contributed by atoms with van der Waals surface area (Å²) in [4.78, 5) is 3.89. The van der Waals surface area contributed by atoms with Gasteiger partial charge in [-0.05, 0) is 24.5 Å². The van der Waals surface area contributed by atoms with Gasteiger partial charge in [0.1, 0.15) is 24.3 Å². The molecule has 1 saturated carbocycles. The Morgan fingerprint density at radius 3 is 2.95 bits per heavy atom. The Labute approximate surface area is 121 Å². The minimum Gasteiger partial charge on any atom is -0.389 e. The van der Waals surface area contributed by atoms with E-state index in [0.717, 1.165) is 18.9 Å². The molecule has 2 aromatic rings. The number of hydrogen-bond acceptors (Lipinski definition) is 3. The summed E-state index contributed by atoms with van der Waals surface area (Å²) < 4.78 is 28.4. The minimum absolute atomic E-state index is 0.0105. The van der Waals surface area contributed by atoms with Crippen molar-refractivity contribution in [3.05, 3.63) is 48.1 Å². The fourth-order valence-electron chi connectivity index (χ4n) is 3.17. The van der Waals surface area contributed by atoms with Gasteiger partial charge in [-0.15, -0.1) is 0 Å². The van der Waals surface area contributed by atoms with Gasteiger partial charge in [0.15, 0.2) is 0 Å². The van der Waals surface area contributed by atoms with Crippen molar-refractivity contribution in [3.63, 3.8) is 0 Å². The Morgan fingerprint density at radius 2 is 2.24 bits per heavy atom. The Kier molecular flexibility index (Phi) is 3.71. The largest absolute Gasteiger partial charge is 0.389 e. The zero-order valence-corrected chi connectivity index (χ0v) is 11.5. The summed E-state index contributed by atoms with van der Waals surface area (Å²) in [5, 5.41) is 14.9. The van der Waals surface area contributed by atoms with Gasteiger partial charge in [-0.25, -0.2) is 13.8 Å². The molecule has 0 spiro atoms. The molecule has 0 unspecified atom stereocenters. The van der Waals surface area contributed by atoms with Crippen LogP contribution in [0.15, 0.2) is 30.9 Å². The summed E-state index contributed by atoms with van der Waals surface area (Å²) >= 11 is 0. The molecule has 0 radical (unpaired) electrons. The second kappa shape index (κ2) is 5.52. The predicted molar refractivity (Wildman–Crippen MR) is 72.4 cm³/mol. The molecule has 0 bridgehead atoms. The van der Waals surface area contributed by atoms with E-state index in [1.165, 1.54) is 18.5 Å². The van der Waals surface area contributed by atoms with Gasteiger partial charge in [0.05, 0.1) is 5.60 Å². The van der Waals surface area contributed by atoms with Gasteiger partial charge in [0.2, 0.25) is 0 Å². The van der Waals surface area contributed by atoms with Crippen LogP contribution in [0.1, 0.15) is 24.8 Å². The number of rotatable bonds is 4. The van der Waals surface area contributed by atoms with Crippen molar-refractivity contribution in [2.45, 2.75) is 37.8 Å². The highest BCUT2D eigenvalue weighted by Gasteiger charge is 2.41. The van der Waals surface area contributed by atoms with Gasteiger partial charge < -0.3 is 5.11 Å². The third kappa shape index (κ3) is 2.95. The first-order valence-electron chi connectivity index (χ1n) is 7.05. The Balaban J connectivity index is 1.78. The van der Waals surface area contributed by atoms with E-state index in [0.29, 0.717) is 18.5 Å². The van der Waals surface area contributed by atoms with E-state index in [2.05, 4.69) is 10.1 Å². The van der Waals surface area contributed by atoms with Crippen LogP contribution in [0.25, 0.3) is 0 Å². The van der Waals surface area contributed by atoms with Gasteiger partial charge in [-0.1, -0.05) is 12.5 Å². The van der Waals surface area contributed by atoms with Crippen molar-refractivity contribution >= 4 is 0 Å². The molecule has 3 rings (SSSR count). The number of halogens is 2. The molecule has 1 aromatic carbocycles. The molecule has 21 heavy (non-hydrogen) atoms. The molecule has 1 N–H and O–H groups in total. The van der Waals surface area contributed by atoms with E-state index in [-0.39, 0.29) is 12.3 Å². The van der Waals surface area contributed by atoms with E-state index in [1.54, 1.807) is 11.0 Å². The van der Waals surface area contributed by atoms with Crippen LogP contribution < -0.4 is 0 Å². The highest BCUT2D eigenvalue weighted by atomic mass is 19.1. The summed E-state index contributed by atoms with van der Waals surface area (Å²) in [5.41, 5.74) is -0.630. The molecule has 1 heterocycles. The number of aliphatic hydroxyl groups is 1. The Bertz CT molecular complexity index is 617. The zero-order chi connectivity index (χ0) is 14.9. The maximum absolute atomic E-state index is 13.8. The van der Waals surface area contributed by atoms with Gasteiger partial charge in [-0.3, -0.25) is 4.68 Å². The molecule has 1 fully saturated rings. The van der Waals surface area contributed by atoms with Crippen molar-refractivity contribution in [2.24, 2.45) is 5.92 Å². The lowest BCUT2D eigenvalue weighted by Gasteiger charge is -2.30. The second-order valence-corrected chi connectivity index (χ2v) is 5.72. The predicted octanol–water partition coefficient (Wildman–Crippen LogP) is 2.33. The molecule has 112 valence electrons. The smallest absolute Gasteiger partial charge is 0.137 e. The van der Waals surface area contributed by atoms with Gasteiger partial charge in [-0.2, -0.15) is 5.10 Å². The number of benzene rings is 1. The molecule has 1 aliphatic rings. The summed E-state index contributed by atoms with van der Waals surface area (Å²) in [7, 11) is 0. The summed E-state index contributed by atoms with van der Waals surface area (Å²) in [6, 6.07) is 3.50. The monoisotopic (exact) mass is 293 g/mol. The highest BCUT2D eigenvalue weighted by Crippen LogP contribution is 2.39. The maximum atomic E-state index is 13.8. The number of hydrogen-bond donors (Lipinski definition) is 1. The minimum atomic E-state index is -0.982. The SMILES string of the molecule is O[C@@]1(Cc2ccc(F)cc2F)CCC[C@H]1Cn1cncn1. The molecule has 2 atom stereocenters. The van der Waals surface area contributed by atoms with E-state index in [4.69, 9.17) is 0 Å². The molecule has 0 aliphatic heterocycles. The van der Waals surface area contributed by atoms with Crippen molar-refractivity contribution in [1.82, 2.24) is 14.8 Å². The van der Waals surface area contributed by atoms with E-state index in [9.17, 15) is 13.9 Å². The molecule has 1 aromatic heterocycles. The van der Waals surface area contributed by atoms with Gasteiger partial charge >= 0.3 is 0 Å². The van der Waals surface area contributed by atoms with Crippen molar-refractivity contribution in [2.75, 3.05) is 0 Å². The van der Waals surface area contributed by atoms with Crippen LogP contribution in [0.3, 0.4) is 0 Å². The van der Waals surface area contributed by atoms with Crippen LogP contribution >= 0.6 is 0 Å². The molecule has 6 heteroatoms. The number of nitrogens with zero attached hydrogens (tertiary/aromatic N) is 3. The Morgan fingerprint density at radius 1 is 1.38 bits per heavy atom. The Hall–Kier alpha value is -1.82. The normalized spacial score (nSPS) is 25.4. The number of aromatic nitrogens is 3. The zero-order valence-electron chi connectivity index (χ0n) is 11.5. The first-order chi connectivity index (χ1) is 10.1. The van der Waals surface area contributed by atoms with Gasteiger partial charge in [0.25, 0.3) is 0 Å². The topological polar surface area (TPSA) is 50.9 Å². The van der Waals surface area contributed by atoms with E-state index >= 15 is 0 Å². The van der Waals surface area contributed by atoms with Crippen LogP contribution in [-0.4, -0.2) is 25.5 Å². The van der Waals surface area contributed by atoms with Crippen LogP contribution in [0.4, 0.5) is 8.78 Å². The third-order valence-electron chi connectivity index (χ3n) is 4.31. The van der Waals surface area contributed by atoms with Crippen molar-refractivity contribution < 1.29 is 13.9 Å². The fourth-order valence-corrected chi connectivity index (χ4v) is 3.17. The van der Waals surface area contributed by atoms with E-state index < -0.39 is 17.2 Å². The average Bonchev–Trinajstić information content (AvgIpc) is 3.05.